The summed E-state index contributed by atoms with van der Waals surface area (Å²) in [5, 5.41) is 2.81. The molecule has 1 aromatic carbocycles. The number of rotatable bonds is 5. The highest BCUT2D eigenvalue weighted by Crippen LogP contribution is 2.12. The van der Waals surface area contributed by atoms with Gasteiger partial charge in [-0.05, 0) is 37.1 Å². The number of hydrogen-bond acceptors (Lipinski definition) is 4. The minimum absolute atomic E-state index is 0.102. The predicted molar refractivity (Wildman–Crippen MR) is 76.2 cm³/mol. The van der Waals surface area contributed by atoms with E-state index < -0.39 is 10.0 Å². The van der Waals surface area contributed by atoms with Crippen LogP contribution >= 0.6 is 0 Å². The standard InChI is InChI=1S/C13H18N2O4S/c1-20(17,18)15-11-6-4-10(5-7-11)13(16)14-9-12-3-2-8-19-12/h4-7,12,15H,2-3,8-9H2,1H3,(H,14,16)/t12-/m1/s1. The zero-order valence-electron chi connectivity index (χ0n) is 11.3. The summed E-state index contributed by atoms with van der Waals surface area (Å²) in [4.78, 5) is 11.9. The molecule has 7 heteroatoms. The van der Waals surface area contributed by atoms with Gasteiger partial charge in [0.25, 0.3) is 5.91 Å². The van der Waals surface area contributed by atoms with E-state index >= 15 is 0 Å². The Hall–Kier alpha value is -1.60. The van der Waals surface area contributed by atoms with Crippen molar-refractivity contribution >= 4 is 21.6 Å². The summed E-state index contributed by atoms with van der Waals surface area (Å²) in [5.41, 5.74) is 0.922. The smallest absolute Gasteiger partial charge is 0.251 e. The Bertz CT molecular complexity index is 563. The maximum atomic E-state index is 11.9. The number of nitrogens with one attached hydrogen (secondary N) is 2. The topological polar surface area (TPSA) is 84.5 Å². The Labute approximate surface area is 118 Å². The van der Waals surface area contributed by atoms with Gasteiger partial charge in [0, 0.05) is 24.4 Å². The van der Waals surface area contributed by atoms with Gasteiger partial charge in [0.05, 0.1) is 12.4 Å². The average Bonchev–Trinajstić information content (AvgIpc) is 2.88. The SMILES string of the molecule is CS(=O)(=O)Nc1ccc(C(=O)NC[C@H]2CCCO2)cc1. The van der Waals surface area contributed by atoms with Gasteiger partial charge in [-0.15, -0.1) is 0 Å². The highest BCUT2D eigenvalue weighted by atomic mass is 32.2. The summed E-state index contributed by atoms with van der Waals surface area (Å²) in [6.07, 6.45) is 3.18. The fourth-order valence-electron chi connectivity index (χ4n) is 2.02. The fourth-order valence-corrected chi connectivity index (χ4v) is 2.58. The van der Waals surface area contributed by atoms with Gasteiger partial charge in [-0.1, -0.05) is 0 Å². The van der Waals surface area contributed by atoms with E-state index in [2.05, 4.69) is 10.0 Å². The molecule has 6 nitrogen and oxygen atoms in total. The molecule has 0 bridgehead atoms. The monoisotopic (exact) mass is 298 g/mol. The number of anilines is 1. The maximum Gasteiger partial charge on any atom is 0.251 e. The Balaban J connectivity index is 1.90. The molecule has 1 heterocycles. The molecule has 0 spiro atoms. The summed E-state index contributed by atoms with van der Waals surface area (Å²) in [6.45, 7) is 1.26. The minimum Gasteiger partial charge on any atom is -0.376 e. The lowest BCUT2D eigenvalue weighted by atomic mass is 10.2. The fraction of sp³-hybridized carbons (Fsp3) is 0.462. The van der Waals surface area contributed by atoms with Crippen molar-refractivity contribution in [3.8, 4) is 0 Å². The van der Waals surface area contributed by atoms with Crippen molar-refractivity contribution in [1.29, 1.82) is 0 Å². The zero-order valence-corrected chi connectivity index (χ0v) is 12.1. The van der Waals surface area contributed by atoms with Crippen LogP contribution in [0.4, 0.5) is 5.69 Å². The number of amides is 1. The van der Waals surface area contributed by atoms with Crippen molar-refractivity contribution in [3.05, 3.63) is 29.8 Å². The third-order valence-corrected chi connectivity index (χ3v) is 3.57. The van der Waals surface area contributed by atoms with Crippen LogP contribution in [0.15, 0.2) is 24.3 Å². The summed E-state index contributed by atoms with van der Waals surface area (Å²) >= 11 is 0. The lowest BCUT2D eigenvalue weighted by Gasteiger charge is -2.11. The average molecular weight is 298 g/mol. The second-order valence-corrected chi connectivity index (χ2v) is 6.55. The van der Waals surface area contributed by atoms with Crippen molar-refractivity contribution in [1.82, 2.24) is 5.32 Å². The Morgan fingerprint density at radius 2 is 2.05 bits per heavy atom. The molecule has 1 fully saturated rings. The minimum atomic E-state index is -3.30. The van der Waals surface area contributed by atoms with E-state index in [-0.39, 0.29) is 12.0 Å². The summed E-state index contributed by atoms with van der Waals surface area (Å²) in [6, 6.07) is 6.28. The molecular weight excluding hydrogens is 280 g/mol. The highest BCUT2D eigenvalue weighted by Gasteiger charge is 2.16. The second-order valence-electron chi connectivity index (χ2n) is 4.80. The normalized spacial score (nSPS) is 18.8. The molecule has 1 saturated heterocycles. The number of carbonyl (C=O) groups is 1. The van der Waals surface area contributed by atoms with Crippen molar-refractivity contribution in [3.63, 3.8) is 0 Å². The van der Waals surface area contributed by atoms with Gasteiger partial charge < -0.3 is 10.1 Å². The van der Waals surface area contributed by atoms with Gasteiger partial charge >= 0.3 is 0 Å². The van der Waals surface area contributed by atoms with Crippen molar-refractivity contribution in [2.75, 3.05) is 24.1 Å². The molecule has 1 aliphatic heterocycles. The van der Waals surface area contributed by atoms with E-state index in [0.717, 1.165) is 25.7 Å². The Morgan fingerprint density at radius 1 is 1.35 bits per heavy atom. The first-order valence-corrected chi connectivity index (χ1v) is 8.31. The summed E-state index contributed by atoms with van der Waals surface area (Å²) < 4.78 is 29.9. The number of carbonyl (C=O) groups excluding carboxylic acids is 1. The largest absolute Gasteiger partial charge is 0.376 e. The molecule has 0 unspecified atom stereocenters. The maximum absolute atomic E-state index is 11.9. The van der Waals surface area contributed by atoms with Crippen LogP contribution in [-0.2, 0) is 14.8 Å². The molecule has 0 aliphatic carbocycles. The van der Waals surface area contributed by atoms with Crippen molar-refractivity contribution in [2.24, 2.45) is 0 Å². The van der Waals surface area contributed by atoms with Crippen molar-refractivity contribution < 1.29 is 17.9 Å². The lowest BCUT2D eigenvalue weighted by Crippen LogP contribution is -2.31. The van der Waals surface area contributed by atoms with E-state index in [9.17, 15) is 13.2 Å². The molecule has 0 saturated carbocycles. The number of sulfonamides is 1. The van der Waals surface area contributed by atoms with Crippen LogP contribution in [0, 0.1) is 0 Å². The summed E-state index contributed by atoms with van der Waals surface area (Å²) in [5.74, 6) is -0.189. The first-order valence-electron chi connectivity index (χ1n) is 6.42. The first kappa shape index (κ1) is 14.8. The molecule has 2 rings (SSSR count). The first-order chi connectivity index (χ1) is 9.44. The molecule has 110 valence electrons. The Kier molecular flexibility index (Phi) is 4.61. The second kappa shape index (κ2) is 6.23. The van der Waals surface area contributed by atoms with Crippen LogP contribution in [0.3, 0.4) is 0 Å². The van der Waals surface area contributed by atoms with Crippen LogP contribution in [0.2, 0.25) is 0 Å². The molecule has 0 radical (unpaired) electrons. The van der Waals surface area contributed by atoms with Gasteiger partial charge in [0.1, 0.15) is 0 Å². The van der Waals surface area contributed by atoms with Gasteiger partial charge in [-0.3, -0.25) is 9.52 Å². The third-order valence-electron chi connectivity index (χ3n) is 2.96. The van der Waals surface area contributed by atoms with Gasteiger partial charge in [-0.25, -0.2) is 8.42 Å². The van der Waals surface area contributed by atoms with Crippen LogP contribution in [-0.4, -0.2) is 39.8 Å². The number of hydrogen-bond donors (Lipinski definition) is 2. The molecule has 1 aliphatic rings. The van der Waals surface area contributed by atoms with E-state index in [0.29, 0.717) is 17.8 Å². The van der Waals surface area contributed by atoms with Crippen LogP contribution in [0.5, 0.6) is 0 Å². The van der Waals surface area contributed by atoms with Gasteiger partial charge in [-0.2, -0.15) is 0 Å². The predicted octanol–water partition coefficient (Wildman–Crippen LogP) is 0.967. The third kappa shape index (κ3) is 4.50. The molecule has 0 aromatic heterocycles. The van der Waals surface area contributed by atoms with Crippen LogP contribution in [0.1, 0.15) is 23.2 Å². The van der Waals surface area contributed by atoms with E-state index in [1.807, 2.05) is 0 Å². The van der Waals surface area contributed by atoms with E-state index in [4.69, 9.17) is 4.74 Å². The van der Waals surface area contributed by atoms with E-state index in [1.54, 1.807) is 24.3 Å². The van der Waals surface area contributed by atoms with Gasteiger partial charge in [0.2, 0.25) is 10.0 Å². The zero-order chi connectivity index (χ0) is 14.6. The van der Waals surface area contributed by atoms with Crippen LogP contribution in [0.25, 0.3) is 0 Å². The number of benzene rings is 1. The molecule has 20 heavy (non-hydrogen) atoms. The highest BCUT2D eigenvalue weighted by molar-refractivity contribution is 7.92. The quantitative estimate of drug-likeness (QED) is 0.848. The molecule has 1 aromatic rings. The van der Waals surface area contributed by atoms with Crippen LogP contribution < -0.4 is 10.0 Å². The van der Waals surface area contributed by atoms with Gasteiger partial charge in [0.15, 0.2) is 0 Å². The van der Waals surface area contributed by atoms with Crippen molar-refractivity contribution in [2.45, 2.75) is 18.9 Å². The number of ether oxygens (including phenoxy) is 1. The summed E-state index contributed by atoms with van der Waals surface area (Å²) in [7, 11) is -3.30. The lowest BCUT2D eigenvalue weighted by molar-refractivity contribution is 0.0858. The molecule has 2 N–H and O–H groups in total. The van der Waals surface area contributed by atoms with E-state index in [1.165, 1.54) is 0 Å². The Morgan fingerprint density at radius 3 is 2.60 bits per heavy atom. The molecule has 1 amide bonds. The molecular formula is C13H18N2O4S. The molecule has 1 atom stereocenters.